The van der Waals surface area contributed by atoms with Crippen molar-refractivity contribution in [1.82, 2.24) is 4.90 Å². The number of nitrogens with zero attached hydrogens (tertiary/aromatic N) is 1. The summed E-state index contributed by atoms with van der Waals surface area (Å²) < 4.78 is 5.32. The van der Waals surface area contributed by atoms with Crippen LogP contribution in [-0.4, -0.2) is 65.2 Å². The summed E-state index contributed by atoms with van der Waals surface area (Å²) in [6.45, 7) is 10.9. The molecule has 0 amide bonds. The van der Waals surface area contributed by atoms with Gasteiger partial charge in [0.25, 0.3) is 0 Å². The number of aliphatic hydroxyl groups is 1. The molecule has 0 aromatic carbocycles. The Morgan fingerprint density at radius 1 is 1.05 bits per heavy atom. The molecule has 4 aliphatic carbocycles. The minimum atomic E-state index is -1.66. The fourth-order valence-electron chi connectivity index (χ4n) is 8.50. The van der Waals surface area contributed by atoms with Gasteiger partial charge in [-0.2, -0.15) is 0 Å². The zero-order chi connectivity index (χ0) is 27.7. The molecular formula is C31H47NO6. The Hall–Kier alpha value is -1.86. The van der Waals surface area contributed by atoms with E-state index in [1.165, 1.54) is 0 Å². The standard InChI is InChI=1S/C31H47NO6/c1-5-32(6-2)17-9-7-8-10-27(36)38-20-26(35)31(37)16-14-24-23-12-11-21-18-22(33)13-15-29(21,3)28(23)25(34)19-30(24,31)4/h18,23-24,28,37H,5-17,19-20H2,1-4H3/t23-,24-,28+,29-,30-,31-/m0/s1. The average Bonchev–Trinajstić information content (AvgIpc) is 3.15. The zero-order valence-electron chi connectivity index (χ0n) is 23.9. The van der Waals surface area contributed by atoms with Crippen molar-refractivity contribution in [2.75, 3.05) is 26.2 Å². The average molecular weight is 530 g/mol. The molecule has 0 spiro atoms. The van der Waals surface area contributed by atoms with E-state index in [2.05, 4.69) is 25.7 Å². The van der Waals surface area contributed by atoms with Crippen molar-refractivity contribution in [1.29, 1.82) is 0 Å². The van der Waals surface area contributed by atoms with Gasteiger partial charge in [-0.05, 0) is 87.9 Å². The molecule has 1 N–H and O–H groups in total. The van der Waals surface area contributed by atoms with Crippen LogP contribution in [0.4, 0.5) is 0 Å². The van der Waals surface area contributed by atoms with Gasteiger partial charge >= 0.3 is 5.97 Å². The predicted molar refractivity (Wildman–Crippen MR) is 144 cm³/mol. The van der Waals surface area contributed by atoms with Crippen LogP contribution in [0.2, 0.25) is 0 Å². The quantitative estimate of drug-likeness (QED) is 0.312. The molecule has 0 aliphatic heterocycles. The van der Waals surface area contributed by atoms with Crippen molar-refractivity contribution in [3.63, 3.8) is 0 Å². The van der Waals surface area contributed by atoms with Crippen LogP contribution >= 0.6 is 0 Å². The molecule has 38 heavy (non-hydrogen) atoms. The van der Waals surface area contributed by atoms with Crippen LogP contribution in [0.15, 0.2) is 11.6 Å². The van der Waals surface area contributed by atoms with E-state index in [9.17, 15) is 24.3 Å². The molecule has 0 radical (unpaired) electrons. The van der Waals surface area contributed by atoms with Gasteiger partial charge in [-0.25, -0.2) is 0 Å². The SMILES string of the molecule is CCN(CC)CCCCCC(=O)OCC(=O)[C@@]1(O)CC[C@H]2[C@@H]3CCC4=CC(=O)CC[C@]4(C)[C@H]3C(=O)C[C@@]21C. The summed E-state index contributed by atoms with van der Waals surface area (Å²) in [5, 5.41) is 11.8. The number of ether oxygens (including phenoxy) is 1. The van der Waals surface area contributed by atoms with E-state index >= 15 is 0 Å². The first-order valence-corrected chi connectivity index (χ1v) is 14.9. The number of carbonyl (C=O) groups excluding carboxylic acids is 4. The first kappa shape index (κ1) is 29.1. The third-order valence-electron chi connectivity index (χ3n) is 10.9. The number of hydrogen-bond acceptors (Lipinski definition) is 7. The van der Waals surface area contributed by atoms with Crippen molar-refractivity contribution < 1.29 is 29.0 Å². The number of rotatable bonds is 11. The number of hydrogen-bond donors (Lipinski definition) is 1. The minimum Gasteiger partial charge on any atom is -0.458 e. The highest BCUT2D eigenvalue weighted by Crippen LogP contribution is 2.66. The van der Waals surface area contributed by atoms with Crippen LogP contribution in [0, 0.1) is 28.6 Å². The molecule has 0 saturated heterocycles. The summed E-state index contributed by atoms with van der Waals surface area (Å²) in [6.07, 6.45) is 8.61. The Balaban J connectivity index is 1.35. The first-order valence-electron chi connectivity index (χ1n) is 14.9. The van der Waals surface area contributed by atoms with Crippen molar-refractivity contribution in [2.24, 2.45) is 28.6 Å². The molecule has 3 saturated carbocycles. The third-order valence-corrected chi connectivity index (χ3v) is 10.9. The molecule has 0 bridgehead atoms. The van der Waals surface area contributed by atoms with Gasteiger partial charge in [-0.3, -0.25) is 19.2 Å². The molecule has 4 rings (SSSR count). The molecule has 0 unspecified atom stereocenters. The van der Waals surface area contributed by atoms with Crippen LogP contribution in [0.25, 0.3) is 0 Å². The number of unbranched alkanes of at least 4 members (excludes halogenated alkanes) is 2. The summed E-state index contributed by atoms with van der Waals surface area (Å²) in [5.41, 5.74) is -1.72. The number of allylic oxidation sites excluding steroid dienone is 1. The summed E-state index contributed by atoms with van der Waals surface area (Å²) in [5.74, 6) is -0.644. The molecule has 0 aromatic rings. The predicted octanol–water partition coefficient (Wildman–Crippen LogP) is 4.44. The molecule has 4 aliphatic rings. The highest BCUT2D eigenvalue weighted by atomic mass is 16.5. The second-order valence-electron chi connectivity index (χ2n) is 12.7. The minimum absolute atomic E-state index is 0.0525. The summed E-state index contributed by atoms with van der Waals surface area (Å²) >= 11 is 0. The monoisotopic (exact) mass is 529 g/mol. The van der Waals surface area contributed by atoms with Crippen molar-refractivity contribution in [3.05, 3.63) is 11.6 Å². The van der Waals surface area contributed by atoms with Crippen LogP contribution < -0.4 is 0 Å². The van der Waals surface area contributed by atoms with Crippen molar-refractivity contribution in [3.8, 4) is 0 Å². The molecule has 3 fully saturated rings. The van der Waals surface area contributed by atoms with Gasteiger partial charge in [0.05, 0.1) is 0 Å². The summed E-state index contributed by atoms with van der Waals surface area (Å²) in [6, 6.07) is 0. The lowest BCUT2D eigenvalue weighted by Gasteiger charge is -2.57. The molecule has 212 valence electrons. The van der Waals surface area contributed by atoms with E-state index in [0.29, 0.717) is 25.7 Å². The fourth-order valence-corrected chi connectivity index (χ4v) is 8.50. The second kappa shape index (κ2) is 11.3. The van der Waals surface area contributed by atoms with Gasteiger partial charge in [0.1, 0.15) is 11.4 Å². The number of Topliss-reactive ketones (excluding diaryl/α,β-unsaturated/α-hetero) is 2. The highest BCUT2D eigenvalue weighted by molar-refractivity contribution is 5.95. The Morgan fingerprint density at radius 2 is 1.79 bits per heavy atom. The maximum Gasteiger partial charge on any atom is 0.306 e. The van der Waals surface area contributed by atoms with E-state index in [1.807, 2.05) is 6.92 Å². The Morgan fingerprint density at radius 3 is 2.50 bits per heavy atom. The fraction of sp³-hybridized carbons (Fsp3) is 0.806. The maximum absolute atomic E-state index is 13.7. The first-order chi connectivity index (χ1) is 18.0. The number of fused-ring (bicyclic) bond motifs is 5. The van der Waals surface area contributed by atoms with Crippen LogP contribution in [0.5, 0.6) is 0 Å². The number of esters is 1. The molecule has 7 nitrogen and oxygen atoms in total. The van der Waals surface area contributed by atoms with Crippen molar-refractivity contribution in [2.45, 2.75) is 104 Å². The van der Waals surface area contributed by atoms with E-state index in [4.69, 9.17) is 4.74 Å². The molecule has 6 atom stereocenters. The van der Waals surface area contributed by atoms with Gasteiger partial charge in [-0.15, -0.1) is 0 Å². The summed E-state index contributed by atoms with van der Waals surface area (Å²) in [4.78, 5) is 53.8. The number of carbonyl (C=O) groups is 4. The lowest BCUT2D eigenvalue weighted by Crippen LogP contribution is -2.61. The molecular weight excluding hydrogens is 482 g/mol. The molecule has 0 heterocycles. The van der Waals surface area contributed by atoms with Crippen LogP contribution in [0.3, 0.4) is 0 Å². The maximum atomic E-state index is 13.7. The summed E-state index contributed by atoms with van der Waals surface area (Å²) in [7, 11) is 0. The van der Waals surface area contributed by atoms with Gasteiger partial charge < -0.3 is 14.7 Å². The number of ketones is 3. The second-order valence-corrected chi connectivity index (χ2v) is 12.7. The Kier molecular flexibility index (Phi) is 8.68. The van der Waals surface area contributed by atoms with Crippen LogP contribution in [-0.2, 0) is 23.9 Å². The normalized spacial score (nSPS) is 36.4. The lowest BCUT2D eigenvalue weighted by atomic mass is 9.46. The van der Waals surface area contributed by atoms with Gasteiger partial charge in [0.15, 0.2) is 12.4 Å². The Labute approximate surface area is 227 Å². The largest absolute Gasteiger partial charge is 0.458 e. The van der Waals surface area contributed by atoms with Gasteiger partial charge in [-0.1, -0.05) is 39.7 Å². The highest BCUT2D eigenvalue weighted by Gasteiger charge is 2.68. The van der Waals surface area contributed by atoms with E-state index in [-0.39, 0.29) is 47.6 Å². The van der Waals surface area contributed by atoms with Gasteiger partial charge in [0.2, 0.25) is 5.78 Å². The van der Waals surface area contributed by atoms with Gasteiger partial charge in [0, 0.05) is 30.6 Å². The van der Waals surface area contributed by atoms with E-state index in [0.717, 1.165) is 57.3 Å². The molecule has 0 aromatic heterocycles. The topological polar surface area (TPSA) is 101 Å². The third kappa shape index (κ3) is 5.05. The molecule has 7 heteroatoms. The lowest BCUT2D eigenvalue weighted by molar-refractivity contribution is -0.173. The van der Waals surface area contributed by atoms with E-state index in [1.54, 1.807) is 6.08 Å². The smallest absolute Gasteiger partial charge is 0.306 e. The van der Waals surface area contributed by atoms with Crippen LogP contribution in [0.1, 0.15) is 98.3 Å². The Bertz CT molecular complexity index is 985. The van der Waals surface area contributed by atoms with Crippen molar-refractivity contribution >= 4 is 23.3 Å². The van der Waals surface area contributed by atoms with E-state index < -0.39 is 29.4 Å². The zero-order valence-corrected chi connectivity index (χ0v) is 23.9.